The molecule has 0 aromatic heterocycles. The van der Waals surface area contributed by atoms with E-state index in [0.717, 1.165) is 17.9 Å². The summed E-state index contributed by atoms with van der Waals surface area (Å²) in [6.07, 6.45) is 1.06. The molecule has 0 heterocycles. The Morgan fingerprint density at radius 3 is 2.13 bits per heavy atom. The van der Waals surface area contributed by atoms with Crippen LogP contribution in [0.15, 0.2) is 42.5 Å². The summed E-state index contributed by atoms with van der Waals surface area (Å²) in [5.41, 5.74) is 6.76. The number of hydrogen-bond acceptors (Lipinski definition) is 4. The molecule has 0 saturated heterocycles. The van der Waals surface area contributed by atoms with E-state index in [2.05, 4.69) is 20.8 Å². The smallest absolute Gasteiger partial charge is 0.150 e. The first-order valence-corrected chi connectivity index (χ1v) is 7.78. The summed E-state index contributed by atoms with van der Waals surface area (Å²) in [5.74, 6) is 2.86. The molecule has 4 heteroatoms. The molecule has 2 aromatic carbocycles. The molecular weight excluding hydrogens is 290 g/mol. The van der Waals surface area contributed by atoms with Gasteiger partial charge in [0, 0.05) is 6.07 Å². The summed E-state index contributed by atoms with van der Waals surface area (Å²) in [4.78, 5) is 0. The Balaban J connectivity index is 2.03. The van der Waals surface area contributed by atoms with Crippen molar-refractivity contribution in [3.05, 3.63) is 42.5 Å². The van der Waals surface area contributed by atoms with Gasteiger partial charge in [0.2, 0.25) is 0 Å². The zero-order valence-corrected chi connectivity index (χ0v) is 14.3. The van der Waals surface area contributed by atoms with Gasteiger partial charge in [-0.1, -0.05) is 20.8 Å². The van der Waals surface area contributed by atoms with Crippen molar-refractivity contribution in [1.29, 1.82) is 0 Å². The summed E-state index contributed by atoms with van der Waals surface area (Å²) in [7, 11) is 1.63. The zero-order valence-electron chi connectivity index (χ0n) is 14.3. The molecule has 2 rings (SSSR count). The van der Waals surface area contributed by atoms with Crippen LogP contribution in [0.2, 0.25) is 0 Å². The number of anilines is 1. The van der Waals surface area contributed by atoms with Gasteiger partial charge in [-0.15, -0.1) is 0 Å². The highest BCUT2D eigenvalue weighted by Gasteiger charge is 2.16. The Hall–Kier alpha value is -2.36. The number of hydrogen-bond donors (Lipinski definition) is 1. The molecule has 0 aliphatic heterocycles. The van der Waals surface area contributed by atoms with Gasteiger partial charge >= 0.3 is 0 Å². The van der Waals surface area contributed by atoms with Crippen LogP contribution in [0.25, 0.3) is 0 Å². The first-order valence-electron chi connectivity index (χ1n) is 7.78. The van der Waals surface area contributed by atoms with E-state index in [0.29, 0.717) is 23.8 Å². The maximum Gasteiger partial charge on any atom is 0.150 e. The summed E-state index contributed by atoms with van der Waals surface area (Å²) >= 11 is 0. The van der Waals surface area contributed by atoms with Crippen molar-refractivity contribution in [1.82, 2.24) is 0 Å². The normalized spacial score (nSPS) is 11.1. The van der Waals surface area contributed by atoms with Crippen LogP contribution >= 0.6 is 0 Å². The van der Waals surface area contributed by atoms with Gasteiger partial charge in [0.05, 0.1) is 19.4 Å². The molecule has 0 aliphatic carbocycles. The van der Waals surface area contributed by atoms with Crippen LogP contribution in [0.1, 0.15) is 27.2 Å². The molecular formula is C19H25NO3. The van der Waals surface area contributed by atoms with Crippen LogP contribution in [0.5, 0.6) is 23.0 Å². The summed E-state index contributed by atoms with van der Waals surface area (Å²) in [5, 5.41) is 0. The SMILES string of the molecule is CCC(C)(C)COc1ccc(Oc2ccc(OC)cc2)c(N)c1. The zero-order chi connectivity index (χ0) is 16.9. The minimum Gasteiger partial charge on any atom is -0.497 e. The van der Waals surface area contributed by atoms with E-state index in [4.69, 9.17) is 19.9 Å². The number of rotatable bonds is 7. The molecule has 0 spiro atoms. The van der Waals surface area contributed by atoms with Crippen molar-refractivity contribution in [2.75, 3.05) is 19.5 Å². The summed E-state index contributed by atoms with van der Waals surface area (Å²) < 4.78 is 16.7. The minimum absolute atomic E-state index is 0.146. The van der Waals surface area contributed by atoms with E-state index in [9.17, 15) is 0 Å². The van der Waals surface area contributed by atoms with Gasteiger partial charge in [-0.05, 0) is 48.2 Å². The Morgan fingerprint density at radius 1 is 0.957 bits per heavy atom. The van der Waals surface area contributed by atoms with E-state index in [1.54, 1.807) is 13.2 Å². The minimum atomic E-state index is 0.146. The standard InChI is InChI=1S/C19H25NO3/c1-5-19(2,3)13-22-16-10-11-18(17(20)12-16)23-15-8-6-14(21-4)7-9-15/h6-12H,5,13,20H2,1-4H3. The molecule has 0 fully saturated rings. The maximum atomic E-state index is 6.07. The van der Waals surface area contributed by atoms with Gasteiger partial charge in [0.15, 0.2) is 5.75 Å². The summed E-state index contributed by atoms with van der Waals surface area (Å²) in [6, 6.07) is 12.9. The van der Waals surface area contributed by atoms with Crippen LogP contribution in [-0.4, -0.2) is 13.7 Å². The van der Waals surface area contributed by atoms with Crippen molar-refractivity contribution in [3.8, 4) is 23.0 Å². The number of methoxy groups -OCH3 is 1. The number of ether oxygens (including phenoxy) is 3. The predicted molar refractivity (Wildman–Crippen MR) is 93.5 cm³/mol. The van der Waals surface area contributed by atoms with Gasteiger partial charge in [-0.3, -0.25) is 0 Å². The van der Waals surface area contributed by atoms with Gasteiger partial charge in [0.25, 0.3) is 0 Å². The molecule has 0 saturated carbocycles. The van der Waals surface area contributed by atoms with Gasteiger partial charge < -0.3 is 19.9 Å². The predicted octanol–water partition coefficient (Wildman–Crippen LogP) is 4.88. The van der Waals surface area contributed by atoms with E-state index in [1.807, 2.05) is 36.4 Å². The third-order valence-corrected chi connectivity index (χ3v) is 3.86. The average Bonchev–Trinajstić information content (AvgIpc) is 2.56. The molecule has 4 nitrogen and oxygen atoms in total. The third-order valence-electron chi connectivity index (χ3n) is 3.86. The first kappa shape index (κ1) is 17.0. The van der Waals surface area contributed by atoms with Crippen LogP contribution < -0.4 is 19.9 Å². The average molecular weight is 315 g/mol. The molecule has 0 amide bonds. The molecule has 0 radical (unpaired) electrons. The Morgan fingerprint density at radius 2 is 1.57 bits per heavy atom. The monoisotopic (exact) mass is 315 g/mol. The lowest BCUT2D eigenvalue weighted by Crippen LogP contribution is -2.20. The second-order valence-electron chi connectivity index (χ2n) is 6.28. The topological polar surface area (TPSA) is 53.7 Å². The van der Waals surface area contributed by atoms with Gasteiger partial charge in [-0.25, -0.2) is 0 Å². The van der Waals surface area contributed by atoms with E-state index in [-0.39, 0.29) is 5.41 Å². The lowest BCUT2D eigenvalue weighted by atomic mass is 9.92. The molecule has 0 aliphatic rings. The number of nitrogen functional groups attached to an aromatic ring is 1. The van der Waals surface area contributed by atoms with Crippen molar-refractivity contribution in [2.45, 2.75) is 27.2 Å². The highest BCUT2D eigenvalue weighted by Crippen LogP contribution is 2.32. The number of nitrogens with two attached hydrogens (primary N) is 1. The van der Waals surface area contributed by atoms with Gasteiger partial charge in [-0.2, -0.15) is 0 Å². The highest BCUT2D eigenvalue weighted by molar-refractivity contribution is 5.57. The second kappa shape index (κ2) is 7.27. The fourth-order valence-electron chi connectivity index (χ4n) is 1.86. The van der Waals surface area contributed by atoms with Crippen molar-refractivity contribution < 1.29 is 14.2 Å². The Labute approximate surface area is 138 Å². The van der Waals surface area contributed by atoms with Crippen molar-refractivity contribution in [2.24, 2.45) is 5.41 Å². The molecule has 124 valence electrons. The van der Waals surface area contributed by atoms with Crippen LogP contribution in [0.4, 0.5) is 5.69 Å². The molecule has 23 heavy (non-hydrogen) atoms. The van der Waals surface area contributed by atoms with Gasteiger partial charge in [0.1, 0.15) is 17.2 Å². The highest BCUT2D eigenvalue weighted by atomic mass is 16.5. The van der Waals surface area contributed by atoms with E-state index < -0.39 is 0 Å². The van der Waals surface area contributed by atoms with Crippen LogP contribution in [0.3, 0.4) is 0 Å². The molecule has 2 N–H and O–H groups in total. The van der Waals surface area contributed by atoms with Crippen LogP contribution in [-0.2, 0) is 0 Å². The number of benzene rings is 2. The fraction of sp³-hybridized carbons (Fsp3) is 0.368. The Bertz CT molecular complexity index is 636. The Kier molecular flexibility index (Phi) is 5.37. The quantitative estimate of drug-likeness (QED) is 0.739. The molecule has 0 atom stereocenters. The van der Waals surface area contributed by atoms with Crippen LogP contribution in [0, 0.1) is 5.41 Å². The molecule has 2 aromatic rings. The fourth-order valence-corrected chi connectivity index (χ4v) is 1.86. The van der Waals surface area contributed by atoms with E-state index in [1.165, 1.54) is 0 Å². The van der Waals surface area contributed by atoms with Crippen molar-refractivity contribution in [3.63, 3.8) is 0 Å². The summed E-state index contributed by atoms with van der Waals surface area (Å²) in [6.45, 7) is 7.17. The van der Waals surface area contributed by atoms with E-state index >= 15 is 0 Å². The third kappa shape index (κ3) is 4.81. The lowest BCUT2D eigenvalue weighted by Gasteiger charge is -2.23. The first-order chi connectivity index (χ1) is 10.9. The molecule has 0 unspecified atom stereocenters. The molecule has 0 bridgehead atoms. The van der Waals surface area contributed by atoms with Crippen molar-refractivity contribution >= 4 is 5.69 Å². The lowest BCUT2D eigenvalue weighted by molar-refractivity contribution is 0.175. The largest absolute Gasteiger partial charge is 0.497 e. The second-order valence-corrected chi connectivity index (χ2v) is 6.28. The maximum absolute atomic E-state index is 6.07.